The highest BCUT2D eigenvalue weighted by molar-refractivity contribution is 6.06. The van der Waals surface area contributed by atoms with Gasteiger partial charge >= 0.3 is 6.03 Å². The van der Waals surface area contributed by atoms with Crippen LogP contribution in [0.2, 0.25) is 0 Å². The van der Waals surface area contributed by atoms with Gasteiger partial charge in [0.05, 0.1) is 6.54 Å². The first-order valence-corrected chi connectivity index (χ1v) is 8.30. The Morgan fingerprint density at radius 1 is 1.09 bits per heavy atom. The predicted molar refractivity (Wildman–Crippen MR) is 85.3 cm³/mol. The number of aryl methyl sites for hydroxylation is 1. The van der Waals surface area contributed by atoms with Crippen molar-refractivity contribution in [2.75, 3.05) is 0 Å². The van der Waals surface area contributed by atoms with Gasteiger partial charge in [0.2, 0.25) is 0 Å². The number of nitrogens with zero attached hydrogens (tertiary/aromatic N) is 1. The van der Waals surface area contributed by atoms with Gasteiger partial charge in [0.25, 0.3) is 5.91 Å². The third-order valence-electron chi connectivity index (χ3n) is 4.88. The van der Waals surface area contributed by atoms with Crippen molar-refractivity contribution in [1.29, 1.82) is 0 Å². The highest BCUT2D eigenvalue weighted by atomic mass is 16.2. The molecule has 1 aromatic carbocycles. The van der Waals surface area contributed by atoms with Crippen molar-refractivity contribution in [2.45, 2.75) is 64.0 Å². The lowest BCUT2D eigenvalue weighted by Crippen LogP contribution is -2.47. The number of carbonyl (C=O) groups excluding carboxylic acids is 2. The first-order chi connectivity index (χ1) is 10.6. The van der Waals surface area contributed by atoms with Crippen LogP contribution < -0.4 is 5.32 Å². The van der Waals surface area contributed by atoms with E-state index < -0.39 is 5.54 Å². The molecule has 1 aliphatic carbocycles. The SMILES string of the molecule is Cc1cccc(CN2C(=O)NC3(CCCCCCC3)C2=O)c1. The molecule has 1 spiro atoms. The number of urea groups is 1. The second-order valence-corrected chi connectivity index (χ2v) is 6.66. The standard InChI is InChI=1S/C18H24N2O2/c1-14-8-7-9-15(12-14)13-20-16(21)18(19-17(20)22)10-5-3-2-4-6-11-18/h7-9,12H,2-6,10-11,13H2,1H3,(H,19,22). The molecular weight excluding hydrogens is 276 g/mol. The monoisotopic (exact) mass is 300 g/mol. The average Bonchev–Trinajstić information content (AvgIpc) is 2.69. The van der Waals surface area contributed by atoms with Crippen molar-refractivity contribution in [3.05, 3.63) is 35.4 Å². The van der Waals surface area contributed by atoms with Gasteiger partial charge in [-0.1, -0.05) is 61.9 Å². The predicted octanol–water partition coefficient (Wildman–Crippen LogP) is 3.53. The molecule has 0 radical (unpaired) electrons. The van der Waals surface area contributed by atoms with E-state index in [0.29, 0.717) is 6.54 Å². The molecule has 1 aromatic rings. The van der Waals surface area contributed by atoms with Gasteiger partial charge in [-0.15, -0.1) is 0 Å². The van der Waals surface area contributed by atoms with E-state index in [1.165, 1.54) is 11.3 Å². The van der Waals surface area contributed by atoms with Crippen molar-refractivity contribution in [1.82, 2.24) is 10.2 Å². The zero-order chi connectivity index (χ0) is 15.6. The Bertz CT molecular complexity index is 574. The maximum atomic E-state index is 12.9. The molecule has 1 aliphatic heterocycles. The lowest BCUT2D eigenvalue weighted by molar-refractivity contribution is -0.132. The van der Waals surface area contributed by atoms with Gasteiger partial charge in [-0.3, -0.25) is 9.69 Å². The number of hydrogen-bond donors (Lipinski definition) is 1. The third-order valence-corrected chi connectivity index (χ3v) is 4.88. The Morgan fingerprint density at radius 2 is 1.77 bits per heavy atom. The summed E-state index contributed by atoms with van der Waals surface area (Å²) < 4.78 is 0. The van der Waals surface area contributed by atoms with Gasteiger partial charge in [-0.25, -0.2) is 4.79 Å². The van der Waals surface area contributed by atoms with Crippen LogP contribution in [0.3, 0.4) is 0 Å². The summed E-state index contributed by atoms with van der Waals surface area (Å²) in [5.74, 6) is -0.0269. The van der Waals surface area contributed by atoms with Crippen molar-refractivity contribution in [3.8, 4) is 0 Å². The van der Waals surface area contributed by atoms with Gasteiger partial charge in [0.15, 0.2) is 0 Å². The number of carbonyl (C=O) groups is 2. The summed E-state index contributed by atoms with van der Waals surface area (Å²) in [6.07, 6.45) is 7.15. The van der Waals surface area contributed by atoms with E-state index >= 15 is 0 Å². The second-order valence-electron chi connectivity index (χ2n) is 6.66. The smallest absolute Gasteiger partial charge is 0.323 e. The zero-order valence-corrected chi connectivity index (χ0v) is 13.2. The molecule has 4 nitrogen and oxygen atoms in total. The van der Waals surface area contributed by atoms with Crippen molar-refractivity contribution >= 4 is 11.9 Å². The highest BCUT2D eigenvalue weighted by Crippen LogP contribution is 2.32. The van der Waals surface area contributed by atoms with Crippen LogP contribution in [0.5, 0.6) is 0 Å². The highest BCUT2D eigenvalue weighted by Gasteiger charge is 2.50. The van der Waals surface area contributed by atoms with E-state index in [1.807, 2.05) is 31.2 Å². The average molecular weight is 300 g/mol. The Labute approximate surface area is 131 Å². The van der Waals surface area contributed by atoms with Crippen molar-refractivity contribution < 1.29 is 9.59 Å². The van der Waals surface area contributed by atoms with Gasteiger partial charge in [-0.05, 0) is 25.3 Å². The number of nitrogens with one attached hydrogen (secondary N) is 1. The maximum absolute atomic E-state index is 12.9. The summed E-state index contributed by atoms with van der Waals surface area (Å²) >= 11 is 0. The summed E-state index contributed by atoms with van der Waals surface area (Å²) in [5, 5.41) is 3.01. The van der Waals surface area contributed by atoms with Crippen LogP contribution in [0.1, 0.15) is 56.1 Å². The Balaban J connectivity index is 1.78. The van der Waals surface area contributed by atoms with E-state index in [0.717, 1.165) is 49.7 Å². The van der Waals surface area contributed by atoms with E-state index in [1.54, 1.807) is 0 Å². The Kier molecular flexibility index (Phi) is 4.19. The number of benzene rings is 1. The molecule has 3 rings (SSSR count). The first-order valence-electron chi connectivity index (χ1n) is 8.30. The number of hydrogen-bond acceptors (Lipinski definition) is 2. The molecule has 2 aliphatic rings. The minimum absolute atomic E-state index is 0.0269. The van der Waals surface area contributed by atoms with Crippen LogP contribution in [-0.4, -0.2) is 22.4 Å². The minimum Gasteiger partial charge on any atom is -0.323 e. The molecule has 0 aromatic heterocycles. The van der Waals surface area contributed by atoms with Crippen LogP contribution in [0.25, 0.3) is 0 Å². The summed E-state index contributed by atoms with van der Waals surface area (Å²) in [6, 6.07) is 7.76. The zero-order valence-electron chi connectivity index (χ0n) is 13.2. The number of amides is 3. The van der Waals surface area contributed by atoms with Crippen LogP contribution in [0, 0.1) is 6.92 Å². The third kappa shape index (κ3) is 2.87. The molecule has 1 saturated carbocycles. The normalized spacial score (nSPS) is 21.6. The molecule has 2 fully saturated rings. The number of imide groups is 1. The first kappa shape index (κ1) is 15.1. The summed E-state index contributed by atoms with van der Waals surface area (Å²) in [7, 11) is 0. The van der Waals surface area contributed by atoms with E-state index in [9.17, 15) is 9.59 Å². The van der Waals surface area contributed by atoms with E-state index in [-0.39, 0.29) is 11.9 Å². The van der Waals surface area contributed by atoms with Crippen LogP contribution >= 0.6 is 0 Å². The Morgan fingerprint density at radius 3 is 2.45 bits per heavy atom. The maximum Gasteiger partial charge on any atom is 0.325 e. The molecule has 3 amide bonds. The van der Waals surface area contributed by atoms with E-state index in [2.05, 4.69) is 5.32 Å². The molecule has 0 atom stereocenters. The fourth-order valence-electron chi connectivity index (χ4n) is 3.66. The lowest BCUT2D eigenvalue weighted by atomic mass is 9.84. The Hall–Kier alpha value is -1.84. The lowest BCUT2D eigenvalue weighted by Gasteiger charge is -2.28. The summed E-state index contributed by atoms with van der Waals surface area (Å²) in [4.78, 5) is 26.6. The molecule has 4 heteroatoms. The molecule has 1 saturated heterocycles. The van der Waals surface area contributed by atoms with Gasteiger partial charge in [-0.2, -0.15) is 0 Å². The summed E-state index contributed by atoms with van der Waals surface area (Å²) in [5.41, 5.74) is 1.51. The molecule has 0 bridgehead atoms. The molecule has 22 heavy (non-hydrogen) atoms. The van der Waals surface area contributed by atoms with E-state index in [4.69, 9.17) is 0 Å². The van der Waals surface area contributed by atoms with Crippen molar-refractivity contribution in [3.63, 3.8) is 0 Å². The van der Waals surface area contributed by atoms with Gasteiger partial charge in [0.1, 0.15) is 5.54 Å². The molecular formula is C18H24N2O2. The summed E-state index contributed by atoms with van der Waals surface area (Å²) in [6.45, 7) is 2.39. The molecule has 118 valence electrons. The second kappa shape index (κ2) is 6.11. The van der Waals surface area contributed by atoms with Gasteiger partial charge in [0, 0.05) is 0 Å². The number of rotatable bonds is 2. The van der Waals surface area contributed by atoms with Crippen LogP contribution in [0.4, 0.5) is 4.79 Å². The largest absolute Gasteiger partial charge is 0.325 e. The van der Waals surface area contributed by atoms with Crippen molar-refractivity contribution in [2.24, 2.45) is 0 Å². The molecule has 1 heterocycles. The molecule has 1 N–H and O–H groups in total. The van der Waals surface area contributed by atoms with Crippen LogP contribution in [0.15, 0.2) is 24.3 Å². The minimum atomic E-state index is -0.638. The molecule has 0 unspecified atom stereocenters. The fourth-order valence-corrected chi connectivity index (χ4v) is 3.66. The van der Waals surface area contributed by atoms with Crippen LogP contribution in [-0.2, 0) is 11.3 Å². The topological polar surface area (TPSA) is 49.4 Å². The van der Waals surface area contributed by atoms with Gasteiger partial charge < -0.3 is 5.32 Å². The quantitative estimate of drug-likeness (QED) is 0.849. The fraction of sp³-hybridized carbons (Fsp3) is 0.556.